The fourth-order valence-corrected chi connectivity index (χ4v) is 1.85. The molecule has 0 saturated heterocycles. The maximum Gasteiger partial charge on any atom is 0.133 e. The van der Waals surface area contributed by atoms with E-state index in [4.69, 9.17) is 15.2 Å². The van der Waals surface area contributed by atoms with Crippen molar-refractivity contribution in [2.75, 3.05) is 12.3 Å². The second-order valence-electron chi connectivity index (χ2n) is 4.54. The summed E-state index contributed by atoms with van der Waals surface area (Å²) in [5, 5.41) is 0. The highest BCUT2D eigenvalue weighted by molar-refractivity contribution is 5.52. The number of hydrogen-bond acceptors (Lipinski definition) is 3. The lowest BCUT2D eigenvalue weighted by Crippen LogP contribution is -1.95. The molecular weight excluding hydrogens is 238 g/mol. The summed E-state index contributed by atoms with van der Waals surface area (Å²) < 4.78 is 11.4. The van der Waals surface area contributed by atoms with E-state index in [-0.39, 0.29) is 0 Å². The highest BCUT2D eigenvalue weighted by Crippen LogP contribution is 2.30. The van der Waals surface area contributed by atoms with Gasteiger partial charge < -0.3 is 15.2 Å². The lowest BCUT2D eigenvalue weighted by atomic mass is 10.1. The van der Waals surface area contributed by atoms with Gasteiger partial charge in [-0.25, -0.2) is 0 Å². The molecule has 0 aliphatic heterocycles. The molecule has 2 aromatic rings. The molecule has 2 N–H and O–H groups in total. The van der Waals surface area contributed by atoms with Gasteiger partial charge in [-0.05, 0) is 38.0 Å². The molecule has 19 heavy (non-hydrogen) atoms. The van der Waals surface area contributed by atoms with Crippen LogP contribution in [0.5, 0.6) is 17.2 Å². The molecule has 2 aromatic carbocycles. The molecule has 3 nitrogen and oxygen atoms in total. The van der Waals surface area contributed by atoms with Crippen LogP contribution in [0.15, 0.2) is 36.4 Å². The van der Waals surface area contributed by atoms with Gasteiger partial charge in [-0.1, -0.05) is 12.1 Å². The van der Waals surface area contributed by atoms with E-state index in [1.807, 2.05) is 39.0 Å². The van der Waals surface area contributed by atoms with Crippen molar-refractivity contribution in [1.82, 2.24) is 0 Å². The predicted octanol–water partition coefficient (Wildman–Crippen LogP) is 4.08. The van der Waals surface area contributed by atoms with E-state index in [1.165, 1.54) is 0 Å². The second-order valence-corrected chi connectivity index (χ2v) is 4.54. The molecule has 0 atom stereocenters. The number of ether oxygens (including phenoxy) is 2. The Balaban J connectivity index is 2.29. The number of nitrogens with two attached hydrogens (primary N) is 1. The molecule has 0 unspecified atom stereocenters. The molecule has 100 valence electrons. The molecule has 0 amide bonds. The molecule has 0 radical (unpaired) electrons. The average molecular weight is 257 g/mol. The Bertz CT molecular complexity index is 579. The van der Waals surface area contributed by atoms with Crippen molar-refractivity contribution in [1.29, 1.82) is 0 Å². The first kappa shape index (κ1) is 13.3. The topological polar surface area (TPSA) is 44.5 Å². The molecule has 2 rings (SSSR count). The van der Waals surface area contributed by atoms with Crippen LogP contribution < -0.4 is 15.2 Å². The minimum absolute atomic E-state index is 0.604. The highest BCUT2D eigenvalue weighted by Gasteiger charge is 2.05. The van der Waals surface area contributed by atoms with Crippen molar-refractivity contribution in [3.63, 3.8) is 0 Å². The van der Waals surface area contributed by atoms with Crippen molar-refractivity contribution in [2.24, 2.45) is 0 Å². The standard InChI is InChI=1S/C16H19NO2/c1-4-18-14-8-13(17)9-15(10-14)19-16-7-11(2)5-6-12(16)3/h5-10H,4,17H2,1-3H3. The Morgan fingerprint density at radius 1 is 1.00 bits per heavy atom. The van der Waals surface area contributed by atoms with Crippen molar-refractivity contribution in [2.45, 2.75) is 20.8 Å². The maximum absolute atomic E-state index is 5.90. The minimum Gasteiger partial charge on any atom is -0.494 e. The van der Waals surface area contributed by atoms with Crippen LogP contribution in [-0.4, -0.2) is 6.61 Å². The Morgan fingerprint density at radius 3 is 2.47 bits per heavy atom. The fourth-order valence-electron chi connectivity index (χ4n) is 1.85. The van der Waals surface area contributed by atoms with Gasteiger partial charge >= 0.3 is 0 Å². The van der Waals surface area contributed by atoms with Gasteiger partial charge in [-0.3, -0.25) is 0 Å². The van der Waals surface area contributed by atoms with Crippen LogP contribution in [0.4, 0.5) is 5.69 Å². The Morgan fingerprint density at radius 2 is 1.74 bits per heavy atom. The van der Waals surface area contributed by atoms with Gasteiger partial charge in [0, 0.05) is 23.9 Å². The number of aryl methyl sites for hydroxylation is 2. The first-order chi connectivity index (χ1) is 9.08. The molecule has 3 heteroatoms. The van der Waals surface area contributed by atoms with Crippen LogP contribution in [0.3, 0.4) is 0 Å². The third kappa shape index (κ3) is 3.41. The SMILES string of the molecule is CCOc1cc(N)cc(Oc2cc(C)ccc2C)c1. The molecule has 0 fully saturated rings. The maximum atomic E-state index is 5.90. The number of anilines is 1. The number of rotatable bonds is 4. The van der Waals surface area contributed by atoms with Crippen LogP contribution in [0, 0.1) is 13.8 Å². The summed E-state index contributed by atoms with van der Waals surface area (Å²) in [6.45, 7) is 6.60. The van der Waals surface area contributed by atoms with Gasteiger partial charge in [0.1, 0.15) is 17.2 Å². The summed E-state index contributed by atoms with van der Waals surface area (Å²) in [6.07, 6.45) is 0. The van der Waals surface area contributed by atoms with E-state index in [2.05, 4.69) is 6.07 Å². The molecule has 0 saturated carbocycles. The predicted molar refractivity (Wildman–Crippen MR) is 78.0 cm³/mol. The molecule has 0 spiro atoms. The summed E-state index contributed by atoms with van der Waals surface area (Å²) in [5.74, 6) is 2.26. The summed E-state index contributed by atoms with van der Waals surface area (Å²) in [5.41, 5.74) is 8.73. The van der Waals surface area contributed by atoms with Crippen LogP contribution in [0.2, 0.25) is 0 Å². The molecule has 0 aliphatic carbocycles. The van der Waals surface area contributed by atoms with E-state index in [0.717, 1.165) is 22.6 Å². The lowest BCUT2D eigenvalue weighted by molar-refractivity contribution is 0.338. The van der Waals surface area contributed by atoms with Crippen LogP contribution >= 0.6 is 0 Å². The Labute approximate surface area is 114 Å². The van der Waals surface area contributed by atoms with Crippen molar-refractivity contribution < 1.29 is 9.47 Å². The van der Waals surface area contributed by atoms with Gasteiger partial charge in [0.25, 0.3) is 0 Å². The summed E-state index contributed by atoms with van der Waals surface area (Å²) in [6, 6.07) is 11.6. The second kappa shape index (κ2) is 5.65. The summed E-state index contributed by atoms with van der Waals surface area (Å²) in [4.78, 5) is 0. The van der Waals surface area contributed by atoms with Crippen molar-refractivity contribution >= 4 is 5.69 Å². The van der Waals surface area contributed by atoms with Crippen LogP contribution in [-0.2, 0) is 0 Å². The Hall–Kier alpha value is -2.16. The quantitative estimate of drug-likeness (QED) is 0.839. The van der Waals surface area contributed by atoms with E-state index < -0.39 is 0 Å². The zero-order valence-corrected chi connectivity index (χ0v) is 11.6. The molecule has 0 aliphatic rings. The molecule has 0 bridgehead atoms. The van der Waals surface area contributed by atoms with Gasteiger partial charge in [-0.2, -0.15) is 0 Å². The molecule has 0 aromatic heterocycles. The molecule has 0 heterocycles. The van der Waals surface area contributed by atoms with Gasteiger partial charge in [0.15, 0.2) is 0 Å². The zero-order chi connectivity index (χ0) is 13.8. The Kier molecular flexibility index (Phi) is 3.95. The van der Waals surface area contributed by atoms with Crippen LogP contribution in [0.1, 0.15) is 18.1 Å². The number of nitrogen functional groups attached to an aromatic ring is 1. The van der Waals surface area contributed by atoms with Gasteiger partial charge in [0.05, 0.1) is 6.61 Å². The van der Waals surface area contributed by atoms with E-state index in [0.29, 0.717) is 18.0 Å². The first-order valence-electron chi connectivity index (χ1n) is 6.37. The monoisotopic (exact) mass is 257 g/mol. The van der Waals surface area contributed by atoms with E-state index in [9.17, 15) is 0 Å². The smallest absolute Gasteiger partial charge is 0.133 e. The minimum atomic E-state index is 0.604. The number of hydrogen-bond donors (Lipinski definition) is 1. The lowest BCUT2D eigenvalue weighted by Gasteiger charge is -2.12. The van der Waals surface area contributed by atoms with Crippen molar-refractivity contribution in [3.8, 4) is 17.2 Å². The zero-order valence-electron chi connectivity index (χ0n) is 11.6. The molecular formula is C16H19NO2. The van der Waals surface area contributed by atoms with E-state index in [1.54, 1.807) is 12.1 Å². The summed E-state index contributed by atoms with van der Waals surface area (Å²) in [7, 11) is 0. The van der Waals surface area contributed by atoms with Crippen molar-refractivity contribution in [3.05, 3.63) is 47.5 Å². The largest absolute Gasteiger partial charge is 0.494 e. The van der Waals surface area contributed by atoms with Gasteiger partial charge in [-0.15, -0.1) is 0 Å². The third-order valence-electron chi connectivity index (χ3n) is 2.78. The first-order valence-corrected chi connectivity index (χ1v) is 6.37. The number of benzene rings is 2. The normalized spacial score (nSPS) is 10.3. The van der Waals surface area contributed by atoms with Crippen LogP contribution in [0.25, 0.3) is 0 Å². The third-order valence-corrected chi connectivity index (χ3v) is 2.78. The highest BCUT2D eigenvalue weighted by atomic mass is 16.5. The van der Waals surface area contributed by atoms with Gasteiger partial charge in [0.2, 0.25) is 0 Å². The fraction of sp³-hybridized carbons (Fsp3) is 0.250. The summed E-state index contributed by atoms with van der Waals surface area (Å²) >= 11 is 0. The van der Waals surface area contributed by atoms with E-state index >= 15 is 0 Å². The average Bonchev–Trinajstić information content (AvgIpc) is 2.33.